The van der Waals surface area contributed by atoms with Gasteiger partial charge in [0, 0.05) is 0 Å². The highest BCUT2D eigenvalue weighted by Crippen LogP contribution is 2.43. The van der Waals surface area contributed by atoms with Gasteiger partial charge < -0.3 is 5.11 Å². The number of benzene rings is 1. The first-order valence-corrected chi connectivity index (χ1v) is 7.33. The minimum Gasteiger partial charge on any atom is -0.481 e. The van der Waals surface area contributed by atoms with E-state index < -0.39 is 11.8 Å². The largest absolute Gasteiger partial charge is 0.481 e. The first kappa shape index (κ1) is 15.3. The molecule has 2 rings (SSSR count). The second-order valence-corrected chi connectivity index (χ2v) is 6.97. The summed E-state index contributed by atoms with van der Waals surface area (Å²) in [6, 6.07) is 4.74. The number of halogens is 2. The van der Waals surface area contributed by atoms with E-state index in [1.165, 1.54) is 12.1 Å². The minimum atomic E-state index is -0.736. The van der Waals surface area contributed by atoms with Crippen LogP contribution in [-0.2, 0) is 11.2 Å². The molecule has 0 heterocycles. The number of hydrogen-bond acceptors (Lipinski definition) is 1. The zero-order chi connectivity index (χ0) is 14.9. The van der Waals surface area contributed by atoms with Gasteiger partial charge >= 0.3 is 5.97 Å². The van der Waals surface area contributed by atoms with Crippen LogP contribution >= 0.6 is 11.6 Å². The van der Waals surface area contributed by atoms with Crippen LogP contribution in [0.25, 0.3) is 0 Å². The number of carbonyl (C=O) groups is 1. The predicted octanol–water partition coefficient (Wildman–Crippen LogP) is 4.55. The number of carboxylic acid groups (broad SMARTS) is 1. The van der Waals surface area contributed by atoms with Gasteiger partial charge in [-0.1, -0.05) is 31.5 Å². The summed E-state index contributed by atoms with van der Waals surface area (Å²) in [6.45, 7) is 4.33. The van der Waals surface area contributed by atoms with Crippen molar-refractivity contribution in [3.05, 3.63) is 34.6 Å². The van der Waals surface area contributed by atoms with Crippen LogP contribution in [0.2, 0.25) is 5.02 Å². The van der Waals surface area contributed by atoms with Gasteiger partial charge in [-0.25, -0.2) is 4.39 Å². The Morgan fingerprint density at radius 2 is 2.20 bits per heavy atom. The normalized spacial score (nSPS) is 25.4. The maximum absolute atomic E-state index is 13.5. The molecule has 0 aromatic heterocycles. The fourth-order valence-electron chi connectivity index (χ4n) is 3.24. The van der Waals surface area contributed by atoms with E-state index in [4.69, 9.17) is 11.6 Å². The van der Waals surface area contributed by atoms with Crippen molar-refractivity contribution in [1.82, 2.24) is 0 Å². The fraction of sp³-hybridized carbons (Fsp3) is 0.562. The summed E-state index contributed by atoms with van der Waals surface area (Å²) in [5.41, 5.74) is 0.975. The van der Waals surface area contributed by atoms with Gasteiger partial charge in [0.1, 0.15) is 5.82 Å². The van der Waals surface area contributed by atoms with Gasteiger partial charge in [0.2, 0.25) is 0 Å². The van der Waals surface area contributed by atoms with E-state index in [0.717, 1.165) is 18.4 Å². The summed E-state index contributed by atoms with van der Waals surface area (Å²) in [4.78, 5) is 11.4. The Balaban J connectivity index is 2.18. The second-order valence-electron chi connectivity index (χ2n) is 6.56. The average Bonchev–Trinajstić information content (AvgIpc) is 2.32. The third kappa shape index (κ3) is 3.51. The SMILES string of the molecule is CC1(C)CCC(C(=O)O)C(Cc2ccc(Cl)c(F)c2)C1. The summed E-state index contributed by atoms with van der Waals surface area (Å²) in [5.74, 6) is -1.45. The van der Waals surface area contributed by atoms with Crippen molar-refractivity contribution in [3.63, 3.8) is 0 Å². The van der Waals surface area contributed by atoms with E-state index in [9.17, 15) is 14.3 Å². The zero-order valence-electron chi connectivity index (χ0n) is 11.8. The molecule has 0 amide bonds. The van der Waals surface area contributed by atoms with Gasteiger partial charge in [-0.05, 0) is 54.7 Å². The maximum atomic E-state index is 13.5. The van der Waals surface area contributed by atoms with Gasteiger partial charge in [-0.2, -0.15) is 0 Å². The molecule has 0 saturated heterocycles. The van der Waals surface area contributed by atoms with Crippen molar-refractivity contribution in [1.29, 1.82) is 0 Å². The molecule has 110 valence electrons. The molecule has 0 spiro atoms. The average molecular weight is 299 g/mol. The van der Waals surface area contributed by atoms with E-state index in [1.54, 1.807) is 6.07 Å². The predicted molar refractivity (Wildman–Crippen MR) is 77.4 cm³/mol. The lowest BCUT2D eigenvalue weighted by Crippen LogP contribution is -2.35. The van der Waals surface area contributed by atoms with E-state index in [1.807, 2.05) is 0 Å². The molecule has 0 aliphatic heterocycles. The molecule has 2 atom stereocenters. The Morgan fingerprint density at radius 3 is 2.80 bits per heavy atom. The van der Waals surface area contributed by atoms with Crippen LogP contribution in [0.15, 0.2) is 18.2 Å². The van der Waals surface area contributed by atoms with E-state index in [0.29, 0.717) is 12.8 Å². The molecular weight excluding hydrogens is 279 g/mol. The third-order valence-corrected chi connectivity index (χ3v) is 4.62. The summed E-state index contributed by atoms with van der Waals surface area (Å²) >= 11 is 5.68. The van der Waals surface area contributed by atoms with Gasteiger partial charge in [-0.15, -0.1) is 0 Å². The smallest absolute Gasteiger partial charge is 0.306 e. The molecule has 2 unspecified atom stereocenters. The first-order valence-electron chi connectivity index (χ1n) is 6.95. The highest BCUT2D eigenvalue weighted by atomic mass is 35.5. The van der Waals surface area contributed by atoms with Crippen LogP contribution in [0.3, 0.4) is 0 Å². The van der Waals surface area contributed by atoms with Crippen molar-refractivity contribution in [2.24, 2.45) is 17.3 Å². The second kappa shape index (κ2) is 5.72. The molecule has 1 aromatic carbocycles. The fourth-order valence-corrected chi connectivity index (χ4v) is 3.36. The summed E-state index contributed by atoms with van der Waals surface area (Å²) in [6.07, 6.45) is 3.07. The lowest BCUT2D eigenvalue weighted by molar-refractivity contribution is -0.146. The Labute approximate surface area is 123 Å². The Morgan fingerprint density at radius 1 is 1.50 bits per heavy atom. The lowest BCUT2D eigenvalue weighted by Gasteiger charge is -2.39. The monoisotopic (exact) mass is 298 g/mol. The van der Waals surface area contributed by atoms with Crippen LogP contribution in [0.1, 0.15) is 38.7 Å². The van der Waals surface area contributed by atoms with E-state index in [2.05, 4.69) is 13.8 Å². The maximum Gasteiger partial charge on any atom is 0.306 e. The van der Waals surface area contributed by atoms with Gasteiger partial charge in [0.25, 0.3) is 0 Å². The van der Waals surface area contributed by atoms with Crippen molar-refractivity contribution < 1.29 is 14.3 Å². The first-order chi connectivity index (χ1) is 9.28. The number of carboxylic acids is 1. The van der Waals surface area contributed by atoms with E-state index >= 15 is 0 Å². The molecule has 4 heteroatoms. The number of aliphatic carboxylic acids is 1. The molecule has 20 heavy (non-hydrogen) atoms. The van der Waals surface area contributed by atoms with Gasteiger partial charge in [0.05, 0.1) is 10.9 Å². The van der Waals surface area contributed by atoms with Crippen molar-refractivity contribution in [2.45, 2.75) is 39.5 Å². The summed E-state index contributed by atoms with van der Waals surface area (Å²) in [7, 11) is 0. The molecule has 0 bridgehead atoms. The van der Waals surface area contributed by atoms with Crippen LogP contribution in [0.5, 0.6) is 0 Å². The molecule has 1 aliphatic rings. The van der Waals surface area contributed by atoms with E-state index in [-0.39, 0.29) is 22.3 Å². The minimum absolute atomic E-state index is 0.0526. The van der Waals surface area contributed by atoms with Gasteiger partial charge in [-0.3, -0.25) is 4.79 Å². The molecule has 1 aromatic rings. The molecule has 1 aliphatic carbocycles. The Hall–Kier alpha value is -1.09. The van der Waals surface area contributed by atoms with Crippen molar-refractivity contribution in [3.8, 4) is 0 Å². The quantitative estimate of drug-likeness (QED) is 0.889. The highest BCUT2D eigenvalue weighted by Gasteiger charge is 2.38. The third-order valence-electron chi connectivity index (χ3n) is 4.32. The van der Waals surface area contributed by atoms with Crippen molar-refractivity contribution >= 4 is 17.6 Å². The van der Waals surface area contributed by atoms with Crippen LogP contribution in [0, 0.1) is 23.1 Å². The van der Waals surface area contributed by atoms with Crippen molar-refractivity contribution in [2.75, 3.05) is 0 Å². The molecular formula is C16H20ClFO2. The molecule has 1 saturated carbocycles. The topological polar surface area (TPSA) is 37.3 Å². The standard InChI is InChI=1S/C16H20ClFO2/c1-16(2)6-5-12(15(19)20)11(9-16)7-10-3-4-13(17)14(18)8-10/h3-4,8,11-12H,5-7,9H2,1-2H3,(H,19,20). The van der Waals surface area contributed by atoms with Crippen LogP contribution < -0.4 is 0 Å². The zero-order valence-corrected chi connectivity index (χ0v) is 12.6. The Bertz CT molecular complexity index is 513. The molecule has 0 radical (unpaired) electrons. The molecule has 2 nitrogen and oxygen atoms in total. The molecule has 1 N–H and O–H groups in total. The summed E-state index contributed by atoms with van der Waals surface area (Å²) < 4.78 is 13.5. The highest BCUT2D eigenvalue weighted by molar-refractivity contribution is 6.30. The van der Waals surface area contributed by atoms with Gasteiger partial charge in [0.15, 0.2) is 0 Å². The number of hydrogen-bond donors (Lipinski definition) is 1. The van der Waals surface area contributed by atoms with Crippen LogP contribution in [0.4, 0.5) is 4.39 Å². The lowest BCUT2D eigenvalue weighted by atomic mass is 9.65. The molecule has 1 fully saturated rings. The number of rotatable bonds is 3. The summed E-state index contributed by atoms with van der Waals surface area (Å²) in [5, 5.41) is 9.46. The Kier molecular flexibility index (Phi) is 4.38. The van der Waals surface area contributed by atoms with Crippen LogP contribution in [-0.4, -0.2) is 11.1 Å².